The number of hydrogen-bond donors (Lipinski definition) is 2. The van der Waals surface area contributed by atoms with Crippen LogP contribution in [-0.2, 0) is 6.54 Å². The van der Waals surface area contributed by atoms with Gasteiger partial charge in [-0.3, -0.25) is 0 Å². The molecule has 0 amide bonds. The van der Waals surface area contributed by atoms with E-state index >= 15 is 0 Å². The highest BCUT2D eigenvalue weighted by atomic mass is 15.5. The van der Waals surface area contributed by atoms with Crippen LogP contribution in [-0.4, -0.2) is 27.1 Å². The summed E-state index contributed by atoms with van der Waals surface area (Å²) in [4.78, 5) is 0. The molecule has 72 valence electrons. The molecule has 0 unspecified atom stereocenters. The molecule has 13 heavy (non-hydrogen) atoms. The Hall–Kier alpha value is -1.10. The van der Waals surface area contributed by atoms with Crippen LogP contribution in [0.2, 0.25) is 0 Å². The Bertz CT molecular complexity index is 288. The van der Waals surface area contributed by atoms with E-state index in [-0.39, 0.29) is 5.54 Å². The lowest BCUT2D eigenvalue weighted by molar-refractivity contribution is 0.619. The second-order valence-electron chi connectivity index (χ2n) is 3.54. The molecule has 0 spiro atoms. The van der Waals surface area contributed by atoms with Gasteiger partial charge in [0.05, 0.1) is 11.7 Å². The molecule has 2 rings (SSSR count). The Morgan fingerprint density at radius 3 is 3.00 bits per heavy atom. The minimum absolute atomic E-state index is 0.134. The zero-order valence-corrected chi connectivity index (χ0v) is 7.82. The quantitative estimate of drug-likeness (QED) is 0.696. The van der Waals surface area contributed by atoms with E-state index < -0.39 is 0 Å². The molecule has 0 saturated heterocycles. The Morgan fingerprint density at radius 1 is 1.69 bits per heavy atom. The standard InChI is InChI=1S/C8H15N5/c1-2-13-7(5-10-12-13)11-8(6-9)3-4-8/h5,11H,2-4,6,9H2,1H3. The van der Waals surface area contributed by atoms with E-state index in [0.29, 0.717) is 6.54 Å². The average Bonchev–Trinajstić information content (AvgIpc) is 2.78. The van der Waals surface area contributed by atoms with Gasteiger partial charge >= 0.3 is 0 Å². The number of aryl methyl sites for hydroxylation is 1. The molecule has 1 aliphatic carbocycles. The summed E-state index contributed by atoms with van der Waals surface area (Å²) in [5.74, 6) is 0.977. The number of aromatic nitrogens is 3. The third kappa shape index (κ3) is 1.51. The third-order valence-electron chi connectivity index (χ3n) is 2.55. The first-order chi connectivity index (χ1) is 6.29. The summed E-state index contributed by atoms with van der Waals surface area (Å²) >= 11 is 0. The fourth-order valence-corrected chi connectivity index (χ4v) is 1.39. The van der Waals surface area contributed by atoms with Gasteiger partial charge in [0.2, 0.25) is 0 Å². The topological polar surface area (TPSA) is 68.8 Å². The van der Waals surface area contributed by atoms with E-state index in [4.69, 9.17) is 5.73 Å². The lowest BCUT2D eigenvalue weighted by Crippen LogP contribution is -2.31. The van der Waals surface area contributed by atoms with Crippen molar-refractivity contribution in [2.24, 2.45) is 5.73 Å². The second-order valence-corrected chi connectivity index (χ2v) is 3.54. The fourth-order valence-electron chi connectivity index (χ4n) is 1.39. The minimum atomic E-state index is 0.134. The highest BCUT2D eigenvalue weighted by Crippen LogP contribution is 2.37. The molecule has 5 heteroatoms. The molecule has 5 nitrogen and oxygen atoms in total. The summed E-state index contributed by atoms with van der Waals surface area (Å²) in [5, 5.41) is 11.2. The van der Waals surface area contributed by atoms with Gasteiger partial charge in [-0.1, -0.05) is 5.21 Å². The van der Waals surface area contributed by atoms with E-state index in [9.17, 15) is 0 Å². The van der Waals surface area contributed by atoms with Gasteiger partial charge in [-0.05, 0) is 19.8 Å². The number of hydrogen-bond acceptors (Lipinski definition) is 4. The van der Waals surface area contributed by atoms with Gasteiger partial charge in [0.25, 0.3) is 0 Å². The van der Waals surface area contributed by atoms with Gasteiger partial charge in [-0.25, -0.2) is 4.68 Å². The largest absolute Gasteiger partial charge is 0.362 e. The molecule has 1 saturated carbocycles. The number of nitrogens with one attached hydrogen (secondary N) is 1. The summed E-state index contributed by atoms with van der Waals surface area (Å²) in [5.41, 5.74) is 5.80. The Balaban J connectivity index is 2.09. The molecular weight excluding hydrogens is 166 g/mol. The molecule has 1 heterocycles. The van der Waals surface area contributed by atoms with E-state index in [2.05, 4.69) is 15.6 Å². The van der Waals surface area contributed by atoms with Gasteiger partial charge in [0.1, 0.15) is 5.82 Å². The van der Waals surface area contributed by atoms with Crippen LogP contribution in [0, 0.1) is 0 Å². The number of rotatable bonds is 4. The van der Waals surface area contributed by atoms with E-state index in [1.165, 1.54) is 0 Å². The van der Waals surface area contributed by atoms with Crippen molar-refractivity contribution in [3.8, 4) is 0 Å². The number of nitrogens with zero attached hydrogens (tertiary/aromatic N) is 3. The first-order valence-corrected chi connectivity index (χ1v) is 4.66. The van der Waals surface area contributed by atoms with Crippen LogP contribution < -0.4 is 11.1 Å². The normalized spacial score (nSPS) is 18.6. The van der Waals surface area contributed by atoms with Gasteiger partial charge in [-0.2, -0.15) is 0 Å². The molecule has 0 bridgehead atoms. The van der Waals surface area contributed by atoms with Crippen molar-refractivity contribution in [2.45, 2.75) is 31.8 Å². The second kappa shape index (κ2) is 2.99. The van der Waals surface area contributed by atoms with Crippen molar-refractivity contribution in [2.75, 3.05) is 11.9 Å². The highest BCUT2D eigenvalue weighted by Gasteiger charge is 2.41. The summed E-state index contributed by atoms with van der Waals surface area (Å²) in [6.07, 6.45) is 4.05. The number of anilines is 1. The van der Waals surface area contributed by atoms with Crippen molar-refractivity contribution in [1.82, 2.24) is 15.0 Å². The van der Waals surface area contributed by atoms with Gasteiger partial charge in [-0.15, -0.1) is 5.10 Å². The predicted octanol–water partition coefficient (Wildman–Crippen LogP) is 0.201. The van der Waals surface area contributed by atoms with Crippen LogP contribution in [0.15, 0.2) is 6.20 Å². The predicted molar refractivity (Wildman–Crippen MR) is 50.3 cm³/mol. The van der Waals surface area contributed by atoms with Crippen molar-refractivity contribution >= 4 is 5.82 Å². The Labute approximate surface area is 77.3 Å². The molecule has 1 aliphatic rings. The Morgan fingerprint density at radius 2 is 2.46 bits per heavy atom. The molecule has 0 aromatic carbocycles. The van der Waals surface area contributed by atoms with Crippen LogP contribution >= 0.6 is 0 Å². The summed E-state index contributed by atoms with van der Waals surface area (Å²) in [7, 11) is 0. The highest BCUT2D eigenvalue weighted by molar-refractivity contribution is 5.38. The SMILES string of the molecule is CCn1nncc1NC1(CN)CC1. The fraction of sp³-hybridized carbons (Fsp3) is 0.750. The first kappa shape index (κ1) is 8.50. The van der Waals surface area contributed by atoms with Crippen LogP contribution in [0.1, 0.15) is 19.8 Å². The molecule has 1 aromatic rings. The summed E-state index contributed by atoms with van der Waals surface area (Å²) in [6.45, 7) is 3.56. The van der Waals surface area contributed by atoms with E-state index in [0.717, 1.165) is 25.2 Å². The lowest BCUT2D eigenvalue weighted by atomic mass is 10.3. The molecule has 0 aliphatic heterocycles. The average molecular weight is 181 g/mol. The summed E-state index contributed by atoms with van der Waals surface area (Å²) < 4.78 is 1.84. The monoisotopic (exact) mass is 181 g/mol. The lowest BCUT2D eigenvalue weighted by Gasteiger charge is -2.15. The maximum Gasteiger partial charge on any atom is 0.145 e. The maximum atomic E-state index is 5.66. The number of nitrogens with two attached hydrogens (primary N) is 1. The van der Waals surface area contributed by atoms with Crippen LogP contribution in [0.5, 0.6) is 0 Å². The molecular formula is C8H15N5. The first-order valence-electron chi connectivity index (χ1n) is 4.66. The van der Waals surface area contributed by atoms with Gasteiger partial charge in [0, 0.05) is 13.1 Å². The maximum absolute atomic E-state index is 5.66. The zero-order valence-electron chi connectivity index (χ0n) is 7.82. The Kier molecular flexibility index (Phi) is 1.95. The van der Waals surface area contributed by atoms with Crippen molar-refractivity contribution in [3.05, 3.63) is 6.20 Å². The van der Waals surface area contributed by atoms with E-state index in [1.54, 1.807) is 6.20 Å². The van der Waals surface area contributed by atoms with Crippen LogP contribution in [0.3, 0.4) is 0 Å². The van der Waals surface area contributed by atoms with Crippen LogP contribution in [0.25, 0.3) is 0 Å². The van der Waals surface area contributed by atoms with Gasteiger partial charge in [0.15, 0.2) is 0 Å². The van der Waals surface area contributed by atoms with Crippen molar-refractivity contribution in [1.29, 1.82) is 0 Å². The molecule has 1 aromatic heterocycles. The summed E-state index contributed by atoms with van der Waals surface area (Å²) in [6, 6.07) is 0. The van der Waals surface area contributed by atoms with Crippen molar-refractivity contribution in [3.63, 3.8) is 0 Å². The molecule has 0 atom stereocenters. The smallest absolute Gasteiger partial charge is 0.145 e. The molecule has 1 fully saturated rings. The minimum Gasteiger partial charge on any atom is -0.362 e. The van der Waals surface area contributed by atoms with E-state index in [1.807, 2.05) is 11.6 Å². The zero-order chi connectivity index (χ0) is 9.31. The third-order valence-corrected chi connectivity index (χ3v) is 2.55. The molecule has 3 N–H and O–H groups in total. The van der Waals surface area contributed by atoms with Crippen LogP contribution in [0.4, 0.5) is 5.82 Å². The van der Waals surface area contributed by atoms with Gasteiger partial charge < -0.3 is 11.1 Å². The molecule has 0 radical (unpaired) electrons. The van der Waals surface area contributed by atoms with Crippen molar-refractivity contribution < 1.29 is 0 Å².